The van der Waals surface area contributed by atoms with E-state index in [0.29, 0.717) is 16.9 Å². The lowest BCUT2D eigenvalue weighted by atomic mass is 10.1. The Hall–Kier alpha value is -3.65. The number of nitrogens with one attached hydrogen (secondary N) is 1. The molecular weight excluding hydrogens is 452 g/mol. The third kappa shape index (κ3) is 5.46. The van der Waals surface area contributed by atoms with Crippen LogP contribution in [0.25, 0.3) is 0 Å². The second-order valence-corrected chi connectivity index (χ2v) is 10.3. The molecule has 3 aromatic carbocycles. The molecule has 176 valence electrons. The van der Waals surface area contributed by atoms with Gasteiger partial charge in [0.2, 0.25) is 5.91 Å². The number of carbonyl (C=O) groups excluding carboxylic acids is 2. The fraction of sp³-hybridized carbons (Fsp3) is 0.231. The van der Waals surface area contributed by atoms with Crippen LogP contribution in [0.15, 0.2) is 78.9 Å². The van der Waals surface area contributed by atoms with E-state index in [1.165, 1.54) is 4.90 Å². The molecule has 2 amide bonds. The van der Waals surface area contributed by atoms with Gasteiger partial charge in [-0.25, -0.2) is 8.42 Å². The molecule has 0 spiro atoms. The van der Waals surface area contributed by atoms with Crippen molar-refractivity contribution in [2.45, 2.75) is 24.9 Å². The van der Waals surface area contributed by atoms with Crippen LogP contribution in [0.4, 0.5) is 0 Å². The second kappa shape index (κ2) is 10.1. The molecule has 4 rings (SSSR count). The van der Waals surface area contributed by atoms with Crippen molar-refractivity contribution in [3.63, 3.8) is 0 Å². The van der Waals surface area contributed by atoms with Crippen LogP contribution in [0.1, 0.15) is 27.0 Å². The minimum absolute atomic E-state index is 0.191. The summed E-state index contributed by atoms with van der Waals surface area (Å²) >= 11 is 0. The summed E-state index contributed by atoms with van der Waals surface area (Å²) in [4.78, 5) is 27.7. The normalized spacial score (nSPS) is 13.9. The summed E-state index contributed by atoms with van der Waals surface area (Å²) in [5.74, 6) is -0.815. The van der Waals surface area contributed by atoms with Crippen LogP contribution in [0.5, 0.6) is 5.75 Å². The van der Waals surface area contributed by atoms with Crippen LogP contribution in [-0.2, 0) is 33.5 Å². The third-order valence-electron chi connectivity index (χ3n) is 5.80. The van der Waals surface area contributed by atoms with Gasteiger partial charge in [-0.05, 0) is 34.9 Å². The Kier molecular flexibility index (Phi) is 6.98. The number of methoxy groups -OCH3 is 1. The number of nitrogens with zero attached hydrogens (tertiary/aromatic N) is 1. The molecule has 3 aromatic rings. The van der Waals surface area contributed by atoms with Gasteiger partial charge in [0.25, 0.3) is 5.91 Å². The van der Waals surface area contributed by atoms with Gasteiger partial charge in [0.1, 0.15) is 11.8 Å². The van der Waals surface area contributed by atoms with Crippen molar-refractivity contribution in [2.24, 2.45) is 0 Å². The van der Waals surface area contributed by atoms with Crippen molar-refractivity contribution in [3.05, 3.63) is 101 Å². The Bertz CT molecular complexity index is 1270. The zero-order valence-electron chi connectivity index (χ0n) is 18.8. The number of benzene rings is 3. The van der Waals surface area contributed by atoms with Crippen LogP contribution in [-0.4, -0.2) is 44.0 Å². The summed E-state index contributed by atoms with van der Waals surface area (Å²) in [5.41, 5.74) is 2.74. The molecule has 0 saturated heterocycles. The Labute approximate surface area is 199 Å². The van der Waals surface area contributed by atoms with Crippen LogP contribution in [0, 0.1) is 0 Å². The first-order chi connectivity index (χ1) is 16.4. The van der Waals surface area contributed by atoms with E-state index in [-0.39, 0.29) is 24.7 Å². The van der Waals surface area contributed by atoms with Crippen molar-refractivity contribution in [1.29, 1.82) is 0 Å². The van der Waals surface area contributed by atoms with E-state index in [9.17, 15) is 18.0 Å². The Morgan fingerprint density at radius 2 is 1.65 bits per heavy atom. The highest BCUT2D eigenvalue weighted by Gasteiger charge is 2.38. The molecule has 1 aliphatic heterocycles. The van der Waals surface area contributed by atoms with Gasteiger partial charge in [-0.15, -0.1) is 0 Å². The highest BCUT2D eigenvalue weighted by molar-refractivity contribution is 7.90. The first-order valence-corrected chi connectivity index (χ1v) is 12.7. The molecule has 0 unspecified atom stereocenters. The molecule has 1 aliphatic rings. The SMILES string of the molecule is COc1ccc(CNC(=O)[C@@H](CS(=O)(=O)Cc2ccccc2)N2Cc3ccccc3C2=O)cc1. The lowest BCUT2D eigenvalue weighted by molar-refractivity contribution is -0.125. The van der Waals surface area contributed by atoms with Gasteiger partial charge in [0.05, 0.1) is 18.6 Å². The maximum absolute atomic E-state index is 13.3. The largest absolute Gasteiger partial charge is 0.497 e. The molecule has 0 aromatic heterocycles. The van der Waals surface area contributed by atoms with Crippen molar-refractivity contribution < 1.29 is 22.7 Å². The molecule has 8 heteroatoms. The number of sulfone groups is 1. The van der Waals surface area contributed by atoms with Gasteiger partial charge in [-0.1, -0.05) is 60.7 Å². The number of ether oxygens (including phenoxy) is 1. The van der Waals surface area contributed by atoms with E-state index in [1.807, 2.05) is 30.3 Å². The van der Waals surface area contributed by atoms with Gasteiger partial charge in [-0.2, -0.15) is 0 Å². The van der Waals surface area contributed by atoms with Crippen molar-refractivity contribution in [1.82, 2.24) is 10.2 Å². The van der Waals surface area contributed by atoms with Crippen molar-refractivity contribution >= 4 is 21.7 Å². The number of hydrogen-bond donors (Lipinski definition) is 1. The molecule has 1 heterocycles. The minimum atomic E-state index is -3.69. The summed E-state index contributed by atoms with van der Waals surface area (Å²) in [6, 6.07) is 21.9. The molecule has 0 fully saturated rings. The molecular formula is C26H26N2O5S. The molecule has 1 atom stereocenters. The van der Waals surface area contributed by atoms with Gasteiger partial charge in [0.15, 0.2) is 9.84 Å². The average molecular weight is 479 g/mol. The average Bonchev–Trinajstić information content (AvgIpc) is 3.18. The molecule has 0 bridgehead atoms. The van der Waals surface area contributed by atoms with Crippen LogP contribution < -0.4 is 10.1 Å². The summed E-state index contributed by atoms with van der Waals surface area (Å²) in [5, 5.41) is 2.81. The topological polar surface area (TPSA) is 92.8 Å². The summed E-state index contributed by atoms with van der Waals surface area (Å²) < 4.78 is 31.3. The predicted molar refractivity (Wildman–Crippen MR) is 129 cm³/mol. The number of hydrogen-bond acceptors (Lipinski definition) is 5. The third-order valence-corrected chi connectivity index (χ3v) is 7.39. The first kappa shape index (κ1) is 23.5. The fourth-order valence-corrected chi connectivity index (χ4v) is 5.64. The highest BCUT2D eigenvalue weighted by atomic mass is 32.2. The maximum atomic E-state index is 13.3. The zero-order chi connectivity index (χ0) is 24.1. The van der Waals surface area contributed by atoms with Gasteiger partial charge in [0, 0.05) is 18.7 Å². The number of fused-ring (bicyclic) bond motifs is 1. The highest BCUT2D eigenvalue weighted by Crippen LogP contribution is 2.25. The number of carbonyl (C=O) groups is 2. The molecule has 34 heavy (non-hydrogen) atoms. The number of amides is 2. The standard InChI is InChI=1S/C26H26N2O5S/c1-33-22-13-11-19(12-14-22)15-27-25(29)24(18-34(31,32)17-20-7-3-2-4-8-20)28-16-21-9-5-6-10-23(21)26(28)30/h2-14,24H,15-18H2,1H3,(H,27,29)/t24-/m1/s1. The van der Waals surface area contributed by atoms with Crippen LogP contribution in [0.2, 0.25) is 0 Å². The Morgan fingerprint density at radius 3 is 2.32 bits per heavy atom. The van der Waals surface area contributed by atoms with E-state index in [4.69, 9.17) is 4.74 Å². The molecule has 0 radical (unpaired) electrons. The van der Waals surface area contributed by atoms with E-state index >= 15 is 0 Å². The quantitative estimate of drug-likeness (QED) is 0.511. The van der Waals surface area contributed by atoms with Crippen LogP contribution >= 0.6 is 0 Å². The lowest BCUT2D eigenvalue weighted by Crippen LogP contribution is -2.50. The van der Waals surface area contributed by atoms with E-state index < -0.39 is 27.5 Å². The van der Waals surface area contributed by atoms with Crippen molar-refractivity contribution in [3.8, 4) is 5.75 Å². The van der Waals surface area contributed by atoms with Gasteiger partial charge < -0.3 is 15.0 Å². The van der Waals surface area contributed by atoms with E-state index in [1.54, 1.807) is 55.6 Å². The number of rotatable bonds is 9. The zero-order valence-corrected chi connectivity index (χ0v) is 19.6. The first-order valence-electron chi connectivity index (χ1n) is 10.9. The molecule has 0 aliphatic carbocycles. The summed E-state index contributed by atoms with van der Waals surface area (Å²) in [7, 11) is -2.12. The smallest absolute Gasteiger partial charge is 0.255 e. The van der Waals surface area contributed by atoms with Crippen LogP contribution in [0.3, 0.4) is 0 Å². The fourth-order valence-electron chi connectivity index (χ4n) is 4.01. The van der Waals surface area contributed by atoms with Gasteiger partial charge in [-0.3, -0.25) is 9.59 Å². The molecule has 7 nitrogen and oxygen atoms in total. The van der Waals surface area contributed by atoms with Gasteiger partial charge >= 0.3 is 0 Å². The maximum Gasteiger partial charge on any atom is 0.255 e. The predicted octanol–water partition coefficient (Wildman–Crippen LogP) is 2.95. The summed E-state index contributed by atoms with van der Waals surface area (Å²) in [6.45, 7) is 0.392. The Morgan fingerprint density at radius 1 is 0.971 bits per heavy atom. The Balaban J connectivity index is 1.54. The van der Waals surface area contributed by atoms with Crippen molar-refractivity contribution in [2.75, 3.05) is 12.9 Å². The molecule has 0 saturated carbocycles. The lowest BCUT2D eigenvalue weighted by Gasteiger charge is -2.27. The van der Waals surface area contributed by atoms with E-state index in [0.717, 1.165) is 11.1 Å². The minimum Gasteiger partial charge on any atom is -0.497 e. The molecule has 1 N–H and O–H groups in total. The monoisotopic (exact) mass is 478 g/mol. The second-order valence-electron chi connectivity index (χ2n) is 8.21. The summed E-state index contributed by atoms with van der Waals surface area (Å²) in [6.07, 6.45) is 0. The van der Waals surface area contributed by atoms with E-state index in [2.05, 4.69) is 5.32 Å².